The molecule has 0 atom stereocenters. The van der Waals surface area contributed by atoms with Crippen LogP contribution in [0.5, 0.6) is 0 Å². The molecular formula is C20H22N4O3S2. The van der Waals surface area contributed by atoms with Gasteiger partial charge in [-0.3, -0.25) is 4.79 Å². The SMILES string of the molecule is COC(=O)c1c(NC(=O)CSc2nnc(-c3cccc(C)c3)n2C)sc(C)c1C. The lowest BCUT2D eigenvalue weighted by molar-refractivity contribution is -0.113. The number of thiophene rings is 1. The lowest BCUT2D eigenvalue weighted by Crippen LogP contribution is -2.16. The Kier molecular flexibility index (Phi) is 6.39. The molecule has 1 aromatic carbocycles. The molecule has 0 unspecified atom stereocenters. The molecule has 1 N–H and O–H groups in total. The van der Waals surface area contributed by atoms with Crippen LogP contribution in [-0.2, 0) is 16.6 Å². The van der Waals surface area contributed by atoms with Crippen LogP contribution in [0.25, 0.3) is 11.4 Å². The second-order valence-corrected chi connectivity index (χ2v) is 8.72. The van der Waals surface area contributed by atoms with Gasteiger partial charge in [-0.05, 0) is 32.4 Å². The molecule has 29 heavy (non-hydrogen) atoms. The normalized spacial score (nSPS) is 10.8. The molecule has 0 saturated heterocycles. The zero-order valence-electron chi connectivity index (χ0n) is 16.9. The van der Waals surface area contributed by atoms with Crippen LogP contribution >= 0.6 is 23.1 Å². The lowest BCUT2D eigenvalue weighted by Gasteiger charge is -2.07. The molecular weight excluding hydrogens is 408 g/mol. The Morgan fingerprint density at radius 3 is 2.69 bits per heavy atom. The molecule has 152 valence electrons. The highest BCUT2D eigenvalue weighted by atomic mass is 32.2. The van der Waals surface area contributed by atoms with Crippen molar-refractivity contribution in [1.29, 1.82) is 0 Å². The van der Waals surface area contributed by atoms with E-state index < -0.39 is 5.97 Å². The van der Waals surface area contributed by atoms with E-state index in [9.17, 15) is 9.59 Å². The molecule has 0 radical (unpaired) electrons. The van der Waals surface area contributed by atoms with Gasteiger partial charge >= 0.3 is 5.97 Å². The number of amides is 1. The molecule has 3 aromatic rings. The fourth-order valence-electron chi connectivity index (χ4n) is 2.83. The summed E-state index contributed by atoms with van der Waals surface area (Å²) >= 11 is 2.66. The predicted molar refractivity (Wildman–Crippen MR) is 116 cm³/mol. The first-order valence-corrected chi connectivity index (χ1v) is 10.7. The van der Waals surface area contributed by atoms with E-state index in [-0.39, 0.29) is 11.7 Å². The van der Waals surface area contributed by atoms with Crippen LogP contribution < -0.4 is 5.32 Å². The molecule has 0 aliphatic rings. The van der Waals surface area contributed by atoms with Crippen molar-refractivity contribution < 1.29 is 14.3 Å². The van der Waals surface area contributed by atoms with Crippen molar-refractivity contribution >= 4 is 40.0 Å². The predicted octanol–water partition coefficient (Wildman–Crippen LogP) is 3.99. The van der Waals surface area contributed by atoms with E-state index >= 15 is 0 Å². The lowest BCUT2D eigenvalue weighted by atomic mass is 10.1. The van der Waals surface area contributed by atoms with Crippen LogP contribution in [0.3, 0.4) is 0 Å². The molecule has 0 saturated carbocycles. The number of aryl methyl sites for hydroxylation is 2. The standard InChI is InChI=1S/C20H22N4O3S2/c1-11-7-6-8-14(9-11)17-22-23-20(24(17)4)28-10-15(25)21-18-16(19(26)27-5)12(2)13(3)29-18/h6-9H,10H2,1-5H3,(H,21,25). The van der Waals surface area contributed by atoms with E-state index in [1.165, 1.54) is 30.2 Å². The maximum absolute atomic E-state index is 12.5. The van der Waals surface area contributed by atoms with Gasteiger partial charge in [-0.25, -0.2) is 4.79 Å². The van der Waals surface area contributed by atoms with Gasteiger partial charge in [-0.1, -0.05) is 35.5 Å². The Balaban J connectivity index is 1.70. The van der Waals surface area contributed by atoms with Gasteiger partial charge in [0.1, 0.15) is 5.00 Å². The molecule has 7 nitrogen and oxygen atoms in total. The van der Waals surface area contributed by atoms with E-state index in [1.807, 2.05) is 56.7 Å². The van der Waals surface area contributed by atoms with E-state index in [2.05, 4.69) is 15.5 Å². The smallest absolute Gasteiger partial charge is 0.341 e. The Morgan fingerprint density at radius 2 is 2.00 bits per heavy atom. The third-order valence-corrected chi connectivity index (χ3v) is 6.61. The molecule has 0 spiro atoms. The highest BCUT2D eigenvalue weighted by molar-refractivity contribution is 7.99. The summed E-state index contributed by atoms with van der Waals surface area (Å²) in [5, 5.41) is 12.4. The van der Waals surface area contributed by atoms with Crippen LogP contribution in [-0.4, -0.2) is 39.5 Å². The monoisotopic (exact) mass is 430 g/mol. The molecule has 0 aliphatic heterocycles. The number of methoxy groups -OCH3 is 1. The van der Waals surface area contributed by atoms with E-state index in [0.29, 0.717) is 15.7 Å². The van der Waals surface area contributed by atoms with E-state index in [1.54, 1.807) is 0 Å². The number of rotatable bonds is 6. The maximum atomic E-state index is 12.5. The number of thioether (sulfide) groups is 1. The molecule has 1 amide bonds. The van der Waals surface area contributed by atoms with Gasteiger partial charge in [0, 0.05) is 17.5 Å². The Hall–Kier alpha value is -2.65. The summed E-state index contributed by atoms with van der Waals surface area (Å²) in [5.74, 6) is 0.220. The van der Waals surface area contributed by atoms with Crippen LogP contribution in [0, 0.1) is 20.8 Å². The second-order valence-electron chi connectivity index (χ2n) is 6.55. The first kappa shape index (κ1) is 21.1. The number of carbonyl (C=O) groups excluding carboxylic acids is 2. The number of nitrogens with one attached hydrogen (secondary N) is 1. The highest BCUT2D eigenvalue weighted by Crippen LogP contribution is 2.33. The molecule has 2 aromatic heterocycles. The highest BCUT2D eigenvalue weighted by Gasteiger charge is 2.22. The van der Waals surface area contributed by atoms with Gasteiger partial charge < -0.3 is 14.6 Å². The number of aromatic nitrogens is 3. The molecule has 3 rings (SSSR count). The minimum Gasteiger partial charge on any atom is -0.465 e. The van der Waals surface area contributed by atoms with Crippen molar-refractivity contribution in [3.05, 3.63) is 45.8 Å². The number of anilines is 1. The van der Waals surface area contributed by atoms with Crippen molar-refractivity contribution in [2.75, 3.05) is 18.2 Å². The van der Waals surface area contributed by atoms with Crippen molar-refractivity contribution in [2.45, 2.75) is 25.9 Å². The zero-order chi connectivity index (χ0) is 21.1. The third-order valence-electron chi connectivity index (χ3n) is 4.47. The minimum absolute atomic E-state index is 0.149. The number of ether oxygens (including phenoxy) is 1. The number of benzene rings is 1. The summed E-state index contributed by atoms with van der Waals surface area (Å²) in [6, 6.07) is 8.02. The first-order chi connectivity index (χ1) is 13.8. The van der Waals surface area contributed by atoms with Crippen LogP contribution in [0.15, 0.2) is 29.4 Å². The Morgan fingerprint density at radius 1 is 1.24 bits per heavy atom. The zero-order valence-corrected chi connectivity index (χ0v) is 18.5. The fraction of sp³-hybridized carbons (Fsp3) is 0.300. The molecule has 0 aliphatic carbocycles. The number of hydrogen-bond donors (Lipinski definition) is 1. The summed E-state index contributed by atoms with van der Waals surface area (Å²) in [6.45, 7) is 5.77. The average molecular weight is 431 g/mol. The number of esters is 1. The second kappa shape index (κ2) is 8.79. The van der Waals surface area contributed by atoms with Crippen molar-refractivity contribution in [1.82, 2.24) is 14.8 Å². The fourth-order valence-corrected chi connectivity index (χ4v) is 4.61. The number of nitrogens with zero attached hydrogens (tertiary/aromatic N) is 3. The van der Waals surface area contributed by atoms with Crippen molar-refractivity contribution in [3.8, 4) is 11.4 Å². The Bertz CT molecular complexity index is 1070. The summed E-state index contributed by atoms with van der Waals surface area (Å²) in [4.78, 5) is 25.5. The van der Waals surface area contributed by atoms with Gasteiger partial charge in [0.25, 0.3) is 0 Å². The molecule has 2 heterocycles. The molecule has 9 heteroatoms. The van der Waals surface area contributed by atoms with Gasteiger partial charge in [-0.15, -0.1) is 21.5 Å². The quantitative estimate of drug-likeness (QED) is 0.470. The van der Waals surface area contributed by atoms with Crippen molar-refractivity contribution in [3.63, 3.8) is 0 Å². The topological polar surface area (TPSA) is 86.1 Å². The van der Waals surface area contributed by atoms with Crippen LogP contribution in [0.1, 0.15) is 26.4 Å². The molecule has 0 bridgehead atoms. The number of hydrogen-bond acceptors (Lipinski definition) is 7. The average Bonchev–Trinajstić information content (AvgIpc) is 3.19. The third kappa shape index (κ3) is 4.51. The first-order valence-electron chi connectivity index (χ1n) is 8.89. The summed E-state index contributed by atoms with van der Waals surface area (Å²) in [5.41, 5.74) is 3.35. The largest absolute Gasteiger partial charge is 0.465 e. The maximum Gasteiger partial charge on any atom is 0.341 e. The van der Waals surface area contributed by atoms with Gasteiger partial charge in [-0.2, -0.15) is 0 Å². The van der Waals surface area contributed by atoms with Crippen LogP contribution in [0.2, 0.25) is 0 Å². The van der Waals surface area contributed by atoms with Crippen LogP contribution in [0.4, 0.5) is 5.00 Å². The Labute approximate surface area is 177 Å². The number of carbonyl (C=O) groups is 2. The van der Waals surface area contributed by atoms with E-state index in [0.717, 1.165) is 27.4 Å². The molecule has 0 fully saturated rings. The van der Waals surface area contributed by atoms with Gasteiger partial charge in [0.2, 0.25) is 5.91 Å². The summed E-state index contributed by atoms with van der Waals surface area (Å²) in [6.07, 6.45) is 0. The van der Waals surface area contributed by atoms with Gasteiger partial charge in [0.15, 0.2) is 11.0 Å². The summed E-state index contributed by atoms with van der Waals surface area (Å²) < 4.78 is 6.71. The van der Waals surface area contributed by atoms with Crippen molar-refractivity contribution in [2.24, 2.45) is 7.05 Å². The summed E-state index contributed by atoms with van der Waals surface area (Å²) in [7, 11) is 3.20. The van der Waals surface area contributed by atoms with Gasteiger partial charge in [0.05, 0.1) is 18.4 Å². The van der Waals surface area contributed by atoms with E-state index in [4.69, 9.17) is 4.74 Å². The minimum atomic E-state index is -0.453.